The highest BCUT2D eigenvalue weighted by Crippen LogP contribution is 2.32. The Labute approximate surface area is 180 Å². The number of fused-ring (bicyclic) bond motifs is 1. The number of halogens is 1. The number of urea groups is 1. The van der Waals surface area contributed by atoms with Gasteiger partial charge in [-0.25, -0.2) is 14.3 Å². The maximum atomic E-state index is 12.4. The van der Waals surface area contributed by atoms with Gasteiger partial charge in [-0.05, 0) is 25.1 Å². The third-order valence-electron chi connectivity index (χ3n) is 4.01. The van der Waals surface area contributed by atoms with Crippen molar-refractivity contribution in [2.45, 2.75) is 6.92 Å². The third kappa shape index (κ3) is 4.96. The topological polar surface area (TPSA) is 112 Å². The molecule has 0 spiro atoms. The molecule has 1 aromatic carbocycles. The number of aryl methyl sites for hydroxylation is 1. The molecule has 0 atom stereocenters. The molecule has 9 nitrogen and oxygen atoms in total. The molecule has 0 radical (unpaired) electrons. The van der Waals surface area contributed by atoms with Crippen LogP contribution in [0.2, 0.25) is 5.02 Å². The zero-order chi connectivity index (χ0) is 21.7. The molecule has 3 amide bonds. The number of rotatable bonds is 7. The number of aromatic nitrogens is 2. The largest absolute Gasteiger partial charge is 0.451 e. The molecule has 30 heavy (non-hydrogen) atoms. The minimum absolute atomic E-state index is 0.249. The lowest BCUT2D eigenvalue weighted by atomic mass is 10.3. The van der Waals surface area contributed by atoms with E-state index < -0.39 is 24.5 Å². The molecule has 0 bridgehead atoms. The molecule has 158 valence electrons. The number of thiophene rings is 1. The van der Waals surface area contributed by atoms with E-state index in [9.17, 15) is 14.4 Å². The number of hydrogen-bond donors (Lipinski definition) is 2. The summed E-state index contributed by atoms with van der Waals surface area (Å²) in [4.78, 5) is 36.7. The van der Waals surface area contributed by atoms with E-state index in [0.29, 0.717) is 22.2 Å². The van der Waals surface area contributed by atoms with E-state index in [4.69, 9.17) is 21.1 Å². The number of hydrogen-bond acceptors (Lipinski definition) is 7. The fraction of sp³-hybridized carbons (Fsp3) is 0.263. The Morgan fingerprint density at radius 3 is 2.77 bits per heavy atom. The maximum absolute atomic E-state index is 12.4. The summed E-state index contributed by atoms with van der Waals surface area (Å²) in [5.74, 6) is -1.41. The highest BCUT2D eigenvalue weighted by atomic mass is 35.5. The van der Waals surface area contributed by atoms with Gasteiger partial charge in [-0.3, -0.25) is 10.1 Å². The van der Waals surface area contributed by atoms with Gasteiger partial charge in [0.1, 0.15) is 9.71 Å². The van der Waals surface area contributed by atoms with E-state index in [1.807, 2.05) is 25.1 Å². The van der Waals surface area contributed by atoms with Crippen molar-refractivity contribution in [1.82, 2.24) is 20.4 Å². The zero-order valence-corrected chi connectivity index (χ0v) is 17.8. The first-order chi connectivity index (χ1) is 14.4. The fourth-order valence-electron chi connectivity index (χ4n) is 2.61. The molecular weight excluding hydrogens is 432 g/mol. The Kier molecular flexibility index (Phi) is 7.03. The summed E-state index contributed by atoms with van der Waals surface area (Å²) in [7, 11) is 1.49. The molecule has 2 N–H and O–H groups in total. The van der Waals surface area contributed by atoms with Gasteiger partial charge >= 0.3 is 12.0 Å². The lowest BCUT2D eigenvalue weighted by molar-refractivity contribution is -0.123. The number of esters is 1. The monoisotopic (exact) mass is 450 g/mol. The van der Waals surface area contributed by atoms with Crippen LogP contribution in [0.5, 0.6) is 0 Å². The van der Waals surface area contributed by atoms with Gasteiger partial charge in [0.25, 0.3) is 5.91 Å². The van der Waals surface area contributed by atoms with Gasteiger partial charge in [0.15, 0.2) is 6.61 Å². The number of imide groups is 1. The molecule has 0 saturated carbocycles. The third-order valence-corrected chi connectivity index (χ3v) is 5.42. The van der Waals surface area contributed by atoms with Crippen molar-refractivity contribution >= 4 is 51.1 Å². The molecule has 0 aliphatic carbocycles. The minimum atomic E-state index is -0.738. The van der Waals surface area contributed by atoms with Crippen molar-refractivity contribution in [3.63, 3.8) is 0 Å². The number of carbonyl (C=O) groups excluding carboxylic acids is 3. The van der Waals surface area contributed by atoms with E-state index >= 15 is 0 Å². The second kappa shape index (κ2) is 9.70. The van der Waals surface area contributed by atoms with E-state index in [1.165, 1.54) is 18.4 Å². The lowest BCUT2D eigenvalue weighted by Gasteiger charge is -2.06. The van der Waals surface area contributed by atoms with Gasteiger partial charge in [-0.1, -0.05) is 23.7 Å². The molecule has 3 aromatic rings. The summed E-state index contributed by atoms with van der Waals surface area (Å²) < 4.78 is 11.5. The average Bonchev–Trinajstić information content (AvgIpc) is 3.28. The smallest absolute Gasteiger partial charge is 0.348 e. The summed E-state index contributed by atoms with van der Waals surface area (Å²) in [6.45, 7) is 1.81. The van der Waals surface area contributed by atoms with Gasteiger partial charge in [0, 0.05) is 19.0 Å². The Morgan fingerprint density at radius 2 is 2.03 bits per heavy atom. The van der Waals surface area contributed by atoms with Crippen LogP contribution in [0.1, 0.15) is 15.4 Å². The van der Waals surface area contributed by atoms with E-state index in [2.05, 4.69) is 15.7 Å². The maximum Gasteiger partial charge on any atom is 0.348 e. The van der Waals surface area contributed by atoms with Crippen LogP contribution >= 0.6 is 22.9 Å². The van der Waals surface area contributed by atoms with Crippen LogP contribution in [0.3, 0.4) is 0 Å². The second-order valence-corrected chi connectivity index (χ2v) is 7.59. The molecule has 2 aromatic heterocycles. The van der Waals surface area contributed by atoms with E-state index in [-0.39, 0.29) is 6.54 Å². The van der Waals surface area contributed by atoms with Crippen molar-refractivity contribution in [2.24, 2.45) is 0 Å². The predicted octanol–water partition coefficient (Wildman–Crippen LogP) is 2.68. The second-order valence-electron chi connectivity index (χ2n) is 6.15. The Hall–Kier alpha value is -2.95. The van der Waals surface area contributed by atoms with Crippen LogP contribution in [0, 0.1) is 6.92 Å². The first kappa shape index (κ1) is 21.8. The first-order valence-corrected chi connectivity index (χ1v) is 10.1. The predicted molar refractivity (Wildman–Crippen MR) is 112 cm³/mol. The molecule has 0 fully saturated rings. The number of benzene rings is 1. The van der Waals surface area contributed by atoms with Crippen molar-refractivity contribution in [2.75, 3.05) is 26.9 Å². The van der Waals surface area contributed by atoms with Crippen LogP contribution in [-0.4, -0.2) is 54.6 Å². The highest BCUT2D eigenvalue weighted by molar-refractivity contribution is 7.20. The zero-order valence-electron chi connectivity index (χ0n) is 16.2. The standard InChI is InChI=1S/C19H19ClN4O5S/c1-11-12-9-15(18(26)29-10-16(25)22-19(27)21-7-8-28-2)30-17(12)24(23-11)14-6-4-3-5-13(14)20/h3-6,9H,7-8,10H2,1-2H3,(H2,21,22,25,27). The van der Waals surface area contributed by atoms with Crippen molar-refractivity contribution in [3.8, 4) is 5.69 Å². The number of para-hydroxylation sites is 1. The van der Waals surface area contributed by atoms with Crippen molar-refractivity contribution < 1.29 is 23.9 Å². The number of nitrogens with zero attached hydrogens (tertiary/aromatic N) is 2. The highest BCUT2D eigenvalue weighted by Gasteiger charge is 2.20. The Balaban J connectivity index is 1.66. The molecule has 0 aliphatic rings. The minimum Gasteiger partial charge on any atom is -0.451 e. The first-order valence-electron chi connectivity index (χ1n) is 8.88. The van der Waals surface area contributed by atoms with Gasteiger partial charge in [0.2, 0.25) is 0 Å². The lowest BCUT2D eigenvalue weighted by Crippen LogP contribution is -2.42. The summed E-state index contributed by atoms with van der Waals surface area (Å²) in [6.07, 6.45) is 0. The fourth-order valence-corrected chi connectivity index (χ4v) is 3.90. The van der Waals surface area contributed by atoms with Crippen LogP contribution in [0.15, 0.2) is 30.3 Å². The number of methoxy groups -OCH3 is 1. The summed E-state index contributed by atoms with van der Waals surface area (Å²) in [5, 5.41) is 10.3. The number of amides is 3. The quantitative estimate of drug-likeness (QED) is 0.423. The van der Waals surface area contributed by atoms with Gasteiger partial charge in [0.05, 0.1) is 23.0 Å². The number of ether oxygens (including phenoxy) is 2. The van der Waals surface area contributed by atoms with Crippen LogP contribution in [-0.2, 0) is 14.3 Å². The van der Waals surface area contributed by atoms with E-state index in [1.54, 1.807) is 16.8 Å². The van der Waals surface area contributed by atoms with Crippen molar-refractivity contribution in [1.29, 1.82) is 0 Å². The van der Waals surface area contributed by atoms with Gasteiger partial charge < -0.3 is 14.8 Å². The molecule has 2 heterocycles. The SMILES string of the molecule is COCCNC(=O)NC(=O)COC(=O)c1cc2c(C)nn(-c3ccccc3Cl)c2s1. The Morgan fingerprint density at radius 1 is 1.27 bits per heavy atom. The van der Waals surface area contributed by atoms with E-state index in [0.717, 1.165) is 15.9 Å². The molecule has 0 aliphatic heterocycles. The number of nitrogens with one attached hydrogen (secondary N) is 2. The summed E-state index contributed by atoms with van der Waals surface area (Å²) >= 11 is 7.45. The van der Waals surface area contributed by atoms with Crippen LogP contribution in [0.25, 0.3) is 15.9 Å². The van der Waals surface area contributed by atoms with Gasteiger partial charge in [-0.15, -0.1) is 11.3 Å². The van der Waals surface area contributed by atoms with Gasteiger partial charge in [-0.2, -0.15) is 5.10 Å². The Bertz CT molecular complexity index is 1090. The van der Waals surface area contributed by atoms with Crippen LogP contribution < -0.4 is 10.6 Å². The number of carbonyl (C=O) groups is 3. The molecule has 0 unspecified atom stereocenters. The summed E-state index contributed by atoms with van der Waals surface area (Å²) in [6, 6.07) is 8.22. The van der Waals surface area contributed by atoms with Crippen LogP contribution in [0.4, 0.5) is 4.79 Å². The molecule has 11 heteroatoms. The molecule has 3 rings (SSSR count). The average molecular weight is 451 g/mol. The molecule has 0 saturated heterocycles. The summed E-state index contributed by atoms with van der Waals surface area (Å²) in [5.41, 5.74) is 1.42. The molecular formula is C19H19ClN4O5S. The normalized spacial score (nSPS) is 10.8. The van der Waals surface area contributed by atoms with Crippen molar-refractivity contribution in [3.05, 3.63) is 45.9 Å².